The molecule has 1 saturated carbocycles. The molecule has 0 aliphatic heterocycles. The standard InChI is InChI=1S/C15H19NO/c1-3-12(4-2)13-6-5-7-14(10-13)15(8-9-15)16-11-17/h5-7,10,12H,3-4,8-9H2,1-2H3. The Hall–Kier alpha value is -1.40. The highest BCUT2D eigenvalue weighted by molar-refractivity contribution is 5.42. The zero-order chi connectivity index (χ0) is 12.3. The molecule has 1 aliphatic carbocycles. The molecule has 0 aromatic heterocycles. The van der Waals surface area contributed by atoms with Crippen LogP contribution in [0, 0.1) is 0 Å². The molecule has 1 aromatic rings. The fraction of sp³-hybridized carbons (Fsp3) is 0.533. The molecule has 0 heterocycles. The monoisotopic (exact) mass is 229 g/mol. The predicted molar refractivity (Wildman–Crippen MR) is 68.8 cm³/mol. The highest BCUT2D eigenvalue weighted by atomic mass is 16.1. The van der Waals surface area contributed by atoms with Gasteiger partial charge in [0.15, 0.2) is 0 Å². The van der Waals surface area contributed by atoms with E-state index in [0.29, 0.717) is 5.92 Å². The van der Waals surface area contributed by atoms with E-state index in [4.69, 9.17) is 0 Å². The number of benzene rings is 1. The highest BCUT2D eigenvalue weighted by Gasteiger charge is 2.44. The Bertz CT molecular complexity index is 438. The summed E-state index contributed by atoms with van der Waals surface area (Å²) in [4.78, 5) is 14.5. The van der Waals surface area contributed by atoms with Crippen LogP contribution in [-0.2, 0) is 10.3 Å². The van der Waals surface area contributed by atoms with Gasteiger partial charge in [-0.3, -0.25) is 0 Å². The predicted octanol–water partition coefficient (Wildman–Crippen LogP) is 3.92. The van der Waals surface area contributed by atoms with Gasteiger partial charge in [-0.25, -0.2) is 4.79 Å². The minimum absolute atomic E-state index is 0.232. The average molecular weight is 229 g/mol. The van der Waals surface area contributed by atoms with Gasteiger partial charge in [0, 0.05) is 0 Å². The van der Waals surface area contributed by atoms with Gasteiger partial charge < -0.3 is 0 Å². The lowest BCUT2D eigenvalue weighted by atomic mass is 9.91. The van der Waals surface area contributed by atoms with Gasteiger partial charge in [-0.05, 0) is 42.7 Å². The quantitative estimate of drug-likeness (QED) is 0.556. The Kier molecular flexibility index (Phi) is 3.44. The first-order chi connectivity index (χ1) is 8.25. The van der Waals surface area contributed by atoms with Gasteiger partial charge in [-0.1, -0.05) is 38.1 Å². The van der Waals surface area contributed by atoms with Crippen molar-refractivity contribution in [2.45, 2.75) is 51.0 Å². The molecule has 0 amide bonds. The lowest BCUT2D eigenvalue weighted by Gasteiger charge is -2.16. The summed E-state index contributed by atoms with van der Waals surface area (Å²) in [5, 5.41) is 0. The van der Waals surface area contributed by atoms with Crippen molar-refractivity contribution >= 4 is 6.08 Å². The molecule has 0 N–H and O–H groups in total. The van der Waals surface area contributed by atoms with Crippen LogP contribution >= 0.6 is 0 Å². The van der Waals surface area contributed by atoms with Crippen LogP contribution in [0.2, 0.25) is 0 Å². The maximum Gasteiger partial charge on any atom is 0.235 e. The molecule has 2 nitrogen and oxygen atoms in total. The van der Waals surface area contributed by atoms with Crippen molar-refractivity contribution in [2.75, 3.05) is 0 Å². The molecule has 0 unspecified atom stereocenters. The van der Waals surface area contributed by atoms with E-state index >= 15 is 0 Å². The van der Waals surface area contributed by atoms with Gasteiger partial charge in [-0.15, -0.1) is 0 Å². The Balaban J connectivity index is 2.32. The van der Waals surface area contributed by atoms with Crippen LogP contribution in [0.5, 0.6) is 0 Å². The molecule has 1 fully saturated rings. The summed E-state index contributed by atoms with van der Waals surface area (Å²) < 4.78 is 0. The van der Waals surface area contributed by atoms with Gasteiger partial charge in [0.1, 0.15) is 0 Å². The number of isocyanates is 1. The fourth-order valence-electron chi connectivity index (χ4n) is 2.51. The van der Waals surface area contributed by atoms with Gasteiger partial charge in [0.05, 0.1) is 5.54 Å². The van der Waals surface area contributed by atoms with Crippen molar-refractivity contribution < 1.29 is 4.79 Å². The van der Waals surface area contributed by atoms with Crippen LogP contribution in [0.1, 0.15) is 56.6 Å². The molecule has 1 aromatic carbocycles. The summed E-state index contributed by atoms with van der Waals surface area (Å²) in [6, 6.07) is 8.58. The summed E-state index contributed by atoms with van der Waals surface area (Å²) in [6.07, 6.45) is 6.00. The highest BCUT2D eigenvalue weighted by Crippen LogP contribution is 2.49. The van der Waals surface area contributed by atoms with Crippen LogP contribution in [-0.4, -0.2) is 6.08 Å². The summed E-state index contributed by atoms with van der Waals surface area (Å²) in [6.45, 7) is 4.44. The SMILES string of the molecule is CCC(CC)c1cccc(C2(N=C=O)CC2)c1. The second kappa shape index (κ2) is 4.85. The summed E-state index contributed by atoms with van der Waals surface area (Å²) >= 11 is 0. The van der Waals surface area contributed by atoms with E-state index in [2.05, 4.69) is 43.1 Å². The van der Waals surface area contributed by atoms with Crippen molar-refractivity contribution in [3.05, 3.63) is 35.4 Å². The third-order valence-electron chi connectivity index (χ3n) is 3.86. The molecule has 17 heavy (non-hydrogen) atoms. The summed E-state index contributed by atoms with van der Waals surface area (Å²) in [5.41, 5.74) is 2.33. The fourth-order valence-corrected chi connectivity index (χ4v) is 2.51. The zero-order valence-corrected chi connectivity index (χ0v) is 10.6. The van der Waals surface area contributed by atoms with Crippen molar-refractivity contribution in [3.8, 4) is 0 Å². The minimum atomic E-state index is -0.232. The Morgan fingerprint density at radius 2 is 2.06 bits per heavy atom. The minimum Gasteiger partial charge on any atom is -0.211 e. The first-order valence-electron chi connectivity index (χ1n) is 6.45. The third-order valence-corrected chi connectivity index (χ3v) is 3.86. The molecular weight excluding hydrogens is 210 g/mol. The zero-order valence-electron chi connectivity index (χ0n) is 10.6. The maximum atomic E-state index is 10.5. The van der Waals surface area contributed by atoms with E-state index in [1.165, 1.54) is 11.1 Å². The first kappa shape index (κ1) is 12.1. The molecular formula is C15H19NO. The van der Waals surface area contributed by atoms with Crippen molar-refractivity contribution in [3.63, 3.8) is 0 Å². The lowest BCUT2D eigenvalue weighted by molar-refractivity contribution is 0.556. The Morgan fingerprint density at radius 3 is 2.59 bits per heavy atom. The van der Waals surface area contributed by atoms with E-state index in [9.17, 15) is 4.79 Å². The molecule has 90 valence electrons. The van der Waals surface area contributed by atoms with E-state index in [1.54, 1.807) is 6.08 Å². The van der Waals surface area contributed by atoms with E-state index in [-0.39, 0.29) is 5.54 Å². The molecule has 0 saturated heterocycles. The van der Waals surface area contributed by atoms with E-state index in [0.717, 1.165) is 25.7 Å². The summed E-state index contributed by atoms with van der Waals surface area (Å²) in [7, 11) is 0. The van der Waals surface area contributed by atoms with Crippen LogP contribution < -0.4 is 0 Å². The number of aliphatic imine (C=N–C) groups is 1. The molecule has 2 heteroatoms. The molecule has 0 bridgehead atoms. The first-order valence-corrected chi connectivity index (χ1v) is 6.45. The van der Waals surface area contributed by atoms with Crippen LogP contribution in [0.15, 0.2) is 29.3 Å². The number of hydrogen-bond donors (Lipinski definition) is 0. The Morgan fingerprint density at radius 1 is 1.35 bits per heavy atom. The van der Waals surface area contributed by atoms with Crippen LogP contribution in [0.4, 0.5) is 0 Å². The number of rotatable bonds is 5. The van der Waals surface area contributed by atoms with Crippen molar-refractivity contribution in [2.24, 2.45) is 4.99 Å². The van der Waals surface area contributed by atoms with E-state index < -0.39 is 0 Å². The number of nitrogens with zero attached hydrogens (tertiary/aromatic N) is 1. The maximum absolute atomic E-state index is 10.5. The second-order valence-corrected chi connectivity index (χ2v) is 4.87. The Labute approximate surface area is 103 Å². The second-order valence-electron chi connectivity index (χ2n) is 4.87. The molecule has 0 radical (unpaired) electrons. The van der Waals surface area contributed by atoms with Crippen LogP contribution in [0.25, 0.3) is 0 Å². The van der Waals surface area contributed by atoms with Gasteiger partial charge in [0.25, 0.3) is 0 Å². The largest absolute Gasteiger partial charge is 0.235 e. The third kappa shape index (κ3) is 2.32. The number of hydrogen-bond acceptors (Lipinski definition) is 2. The molecule has 0 spiro atoms. The molecule has 0 atom stereocenters. The van der Waals surface area contributed by atoms with E-state index in [1.807, 2.05) is 0 Å². The van der Waals surface area contributed by atoms with Crippen molar-refractivity contribution in [1.29, 1.82) is 0 Å². The normalized spacial score (nSPS) is 16.6. The smallest absolute Gasteiger partial charge is 0.211 e. The van der Waals surface area contributed by atoms with Gasteiger partial charge >= 0.3 is 0 Å². The van der Waals surface area contributed by atoms with Gasteiger partial charge in [-0.2, -0.15) is 4.99 Å². The topological polar surface area (TPSA) is 29.4 Å². The molecule has 2 rings (SSSR count). The van der Waals surface area contributed by atoms with Crippen LogP contribution in [0.3, 0.4) is 0 Å². The molecule has 1 aliphatic rings. The number of carbonyl (C=O) groups excluding carboxylic acids is 1. The lowest BCUT2D eigenvalue weighted by Crippen LogP contribution is -2.04. The van der Waals surface area contributed by atoms with Gasteiger partial charge in [0.2, 0.25) is 6.08 Å². The van der Waals surface area contributed by atoms with Crippen molar-refractivity contribution in [1.82, 2.24) is 0 Å². The summed E-state index contributed by atoms with van der Waals surface area (Å²) in [5.74, 6) is 0.617. The average Bonchev–Trinajstić information content (AvgIpc) is 3.13.